The zero-order valence-electron chi connectivity index (χ0n) is 22.4. The molecule has 1 saturated heterocycles. The van der Waals surface area contributed by atoms with Crippen LogP contribution < -0.4 is 15.4 Å². The van der Waals surface area contributed by atoms with Crippen molar-refractivity contribution in [3.63, 3.8) is 0 Å². The van der Waals surface area contributed by atoms with Gasteiger partial charge >= 0.3 is 6.01 Å². The third-order valence-corrected chi connectivity index (χ3v) is 8.54. The molecule has 2 N–H and O–H groups in total. The summed E-state index contributed by atoms with van der Waals surface area (Å²) in [4.78, 5) is 30.6. The minimum absolute atomic E-state index is 0.0185. The molecule has 1 amide bonds. The molecule has 4 aromatic rings. The van der Waals surface area contributed by atoms with Crippen molar-refractivity contribution < 1.29 is 22.7 Å². The molecule has 2 aromatic heterocycles. The summed E-state index contributed by atoms with van der Waals surface area (Å²) < 4.78 is 50.9. The van der Waals surface area contributed by atoms with Gasteiger partial charge in [-0.05, 0) is 30.4 Å². The summed E-state index contributed by atoms with van der Waals surface area (Å²) in [7, 11) is 1.74. The molecule has 4 heterocycles. The summed E-state index contributed by atoms with van der Waals surface area (Å²) in [5, 5.41) is 0.504. The van der Waals surface area contributed by atoms with Crippen molar-refractivity contribution in [1.29, 1.82) is 0 Å². The Labute approximate surface area is 247 Å². The molecule has 1 fully saturated rings. The van der Waals surface area contributed by atoms with Gasteiger partial charge in [0.2, 0.25) is 5.91 Å². The smallest absolute Gasteiger partial charge is 0.319 e. The van der Waals surface area contributed by atoms with Crippen molar-refractivity contribution >= 4 is 60.9 Å². The topological polar surface area (TPSA) is 101 Å². The molecule has 42 heavy (non-hydrogen) atoms. The molecule has 2 aromatic carbocycles. The maximum atomic E-state index is 16.5. The lowest BCUT2D eigenvalue weighted by molar-refractivity contribution is -0.126. The number of likely N-dealkylation sites (N-methyl/N-ethyl adjacent to an activating group) is 1. The van der Waals surface area contributed by atoms with Crippen molar-refractivity contribution in [1.82, 2.24) is 24.8 Å². The van der Waals surface area contributed by atoms with Crippen molar-refractivity contribution in [2.45, 2.75) is 6.17 Å². The van der Waals surface area contributed by atoms with E-state index >= 15 is 4.39 Å². The standard InChI is InChI=1S/C28H25ClF3N7O2S/c1-3-20(40)38-6-8-39(9-7-38)26-17-11-18(29)21(16-4-5-19(31)25-24(16)34-27(33)42-25)22(32)23(17)35-28(36-26)41-13-15-10-14(30)12-37(15)2/h3-5,10-11,14H,1,6-9,12-13H2,2H3,(H2,33,34)/t14-/m0/s1. The second kappa shape index (κ2) is 11.0. The zero-order chi connectivity index (χ0) is 29.7. The van der Waals surface area contributed by atoms with Crippen LogP contribution in [0.1, 0.15) is 0 Å². The van der Waals surface area contributed by atoms with Crippen LogP contribution in [0.25, 0.3) is 32.2 Å². The molecule has 2 aliphatic heterocycles. The third kappa shape index (κ3) is 4.96. The summed E-state index contributed by atoms with van der Waals surface area (Å²) >= 11 is 7.65. The molecule has 6 rings (SSSR count). The molecule has 0 spiro atoms. The number of ether oxygens (including phenoxy) is 1. The Kier molecular flexibility index (Phi) is 7.31. The number of hydrogen-bond acceptors (Lipinski definition) is 9. The first-order valence-corrected chi connectivity index (χ1v) is 14.2. The molecule has 0 saturated carbocycles. The molecule has 14 heteroatoms. The number of thiazole rings is 1. The number of amides is 1. The number of alkyl halides is 1. The van der Waals surface area contributed by atoms with Crippen molar-refractivity contribution in [3.05, 3.63) is 59.3 Å². The van der Waals surface area contributed by atoms with Gasteiger partial charge in [-0.2, -0.15) is 9.97 Å². The van der Waals surface area contributed by atoms with Crippen LogP contribution in [0.3, 0.4) is 0 Å². The Morgan fingerprint density at radius 2 is 1.98 bits per heavy atom. The predicted octanol–water partition coefficient (Wildman–Crippen LogP) is 4.80. The van der Waals surface area contributed by atoms with Crippen molar-refractivity contribution in [2.24, 2.45) is 0 Å². The lowest BCUT2D eigenvalue weighted by Crippen LogP contribution is -2.48. The van der Waals surface area contributed by atoms with Gasteiger partial charge in [-0.15, -0.1) is 0 Å². The fourth-order valence-corrected chi connectivity index (χ4v) is 6.30. The van der Waals surface area contributed by atoms with E-state index in [2.05, 4.69) is 21.5 Å². The quantitative estimate of drug-likeness (QED) is 0.309. The Morgan fingerprint density at radius 3 is 2.67 bits per heavy atom. The molecular formula is C28H25ClF3N7O2S. The van der Waals surface area contributed by atoms with Gasteiger partial charge in [0.1, 0.15) is 29.9 Å². The average molecular weight is 616 g/mol. The lowest BCUT2D eigenvalue weighted by atomic mass is 10.0. The van der Waals surface area contributed by atoms with Crippen LogP contribution in [-0.2, 0) is 4.79 Å². The maximum absolute atomic E-state index is 16.5. The first-order chi connectivity index (χ1) is 20.1. The van der Waals surface area contributed by atoms with E-state index in [4.69, 9.17) is 22.1 Å². The molecule has 218 valence electrons. The number of carbonyl (C=O) groups excluding carboxylic acids is 1. The fraction of sp³-hybridized carbons (Fsp3) is 0.286. The second-order valence-corrected chi connectivity index (χ2v) is 11.4. The van der Waals surface area contributed by atoms with E-state index in [0.717, 1.165) is 11.3 Å². The van der Waals surface area contributed by atoms with Gasteiger partial charge in [-0.25, -0.2) is 18.2 Å². The fourth-order valence-electron chi connectivity index (χ4n) is 5.24. The number of aromatic nitrogens is 3. The van der Waals surface area contributed by atoms with E-state index in [0.29, 0.717) is 43.1 Å². The second-order valence-electron chi connectivity index (χ2n) is 9.96. The van der Waals surface area contributed by atoms with Crippen molar-refractivity contribution in [3.8, 4) is 17.1 Å². The molecule has 9 nitrogen and oxygen atoms in total. The Hall–Kier alpha value is -4.10. The number of carbonyl (C=O) groups is 1. The highest BCUT2D eigenvalue weighted by molar-refractivity contribution is 7.22. The molecule has 0 bridgehead atoms. The number of benzene rings is 2. The number of rotatable bonds is 6. The van der Waals surface area contributed by atoms with Crippen LogP contribution in [0.5, 0.6) is 6.01 Å². The molecular weight excluding hydrogens is 591 g/mol. The highest BCUT2D eigenvalue weighted by atomic mass is 35.5. The number of halogens is 4. The highest BCUT2D eigenvalue weighted by Gasteiger charge is 2.28. The predicted molar refractivity (Wildman–Crippen MR) is 158 cm³/mol. The molecule has 0 radical (unpaired) electrons. The normalized spacial score (nSPS) is 17.3. The van der Waals surface area contributed by atoms with E-state index in [1.807, 2.05) is 4.90 Å². The third-order valence-electron chi connectivity index (χ3n) is 7.35. The Balaban J connectivity index is 1.47. The zero-order valence-corrected chi connectivity index (χ0v) is 24.0. The molecule has 0 unspecified atom stereocenters. The average Bonchev–Trinajstić information content (AvgIpc) is 3.53. The number of nitrogens with zero attached hydrogens (tertiary/aromatic N) is 6. The lowest BCUT2D eigenvalue weighted by Gasteiger charge is -2.35. The van der Waals surface area contributed by atoms with Crippen molar-refractivity contribution in [2.75, 3.05) is 57.0 Å². The van der Waals surface area contributed by atoms with Crippen LogP contribution >= 0.6 is 22.9 Å². The number of piperazine rings is 1. The van der Waals surface area contributed by atoms with Crippen LogP contribution in [0.15, 0.2) is 42.6 Å². The van der Waals surface area contributed by atoms with Crippen LogP contribution in [-0.4, -0.2) is 83.2 Å². The van der Waals surface area contributed by atoms with Gasteiger partial charge in [0.25, 0.3) is 0 Å². The summed E-state index contributed by atoms with van der Waals surface area (Å²) in [6.45, 7) is 5.33. The molecule has 1 atom stereocenters. The van der Waals surface area contributed by atoms with Gasteiger partial charge in [0.15, 0.2) is 10.9 Å². The first kappa shape index (κ1) is 28.0. The summed E-state index contributed by atoms with van der Waals surface area (Å²) in [5.74, 6) is -1.12. The summed E-state index contributed by atoms with van der Waals surface area (Å²) in [5.41, 5.74) is 6.81. The van der Waals surface area contributed by atoms with Gasteiger partial charge < -0.3 is 25.2 Å². The largest absolute Gasteiger partial charge is 0.457 e. The number of fused-ring (bicyclic) bond motifs is 2. The SMILES string of the molecule is C=CC(=O)N1CCN(c2nc(OCC3=C[C@H](F)CN3C)nc3c(F)c(-c4ccc(F)c5sc(N)nc45)c(Cl)cc23)CC1. The van der Waals surface area contributed by atoms with Gasteiger partial charge in [-0.3, -0.25) is 4.79 Å². The van der Waals surface area contributed by atoms with Crippen LogP contribution in [0.2, 0.25) is 5.02 Å². The number of anilines is 2. The van der Waals surface area contributed by atoms with Gasteiger partial charge in [-0.1, -0.05) is 29.5 Å². The van der Waals surface area contributed by atoms with Gasteiger partial charge in [0.05, 0.1) is 27.5 Å². The minimum Gasteiger partial charge on any atom is -0.457 e. The van der Waals surface area contributed by atoms with E-state index < -0.39 is 17.8 Å². The van der Waals surface area contributed by atoms with Crippen LogP contribution in [0.4, 0.5) is 24.1 Å². The molecule has 0 aliphatic carbocycles. The Morgan fingerprint density at radius 1 is 1.21 bits per heavy atom. The van der Waals surface area contributed by atoms with E-state index in [1.165, 1.54) is 24.3 Å². The number of nitrogen functional groups attached to an aromatic ring is 1. The van der Waals surface area contributed by atoms with E-state index in [9.17, 15) is 13.6 Å². The summed E-state index contributed by atoms with van der Waals surface area (Å²) in [6.07, 6.45) is 1.60. The maximum Gasteiger partial charge on any atom is 0.319 e. The molecule has 2 aliphatic rings. The monoisotopic (exact) mass is 615 g/mol. The van der Waals surface area contributed by atoms with Gasteiger partial charge in [0, 0.05) is 49.7 Å². The number of hydrogen-bond donors (Lipinski definition) is 1. The minimum atomic E-state index is -1.12. The van der Waals surface area contributed by atoms with E-state index in [1.54, 1.807) is 22.9 Å². The number of nitrogens with two attached hydrogens (primary N) is 1. The highest BCUT2D eigenvalue weighted by Crippen LogP contribution is 2.42. The van der Waals surface area contributed by atoms with Crippen LogP contribution in [0, 0.1) is 11.6 Å². The van der Waals surface area contributed by atoms with E-state index in [-0.39, 0.29) is 62.1 Å². The first-order valence-electron chi connectivity index (χ1n) is 13.0. The Bertz CT molecular complexity index is 1770. The summed E-state index contributed by atoms with van der Waals surface area (Å²) in [6, 6.07) is 4.05.